The fourth-order valence-corrected chi connectivity index (χ4v) is 4.74. The molecule has 0 spiro atoms. The highest BCUT2D eigenvalue weighted by atomic mass is 19.1. The van der Waals surface area contributed by atoms with Crippen LogP contribution in [-0.4, -0.2) is 69.0 Å². The van der Waals surface area contributed by atoms with E-state index in [4.69, 9.17) is 10.5 Å². The van der Waals surface area contributed by atoms with E-state index in [0.717, 1.165) is 38.1 Å². The van der Waals surface area contributed by atoms with Crippen molar-refractivity contribution in [2.75, 3.05) is 42.6 Å². The van der Waals surface area contributed by atoms with Gasteiger partial charge in [-0.15, -0.1) is 5.10 Å². The summed E-state index contributed by atoms with van der Waals surface area (Å²) in [6, 6.07) is 3.31. The van der Waals surface area contributed by atoms with Crippen molar-refractivity contribution in [3.05, 3.63) is 47.8 Å². The molecule has 12 heteroatoms. The number of tetrazole rings is 1. The Balaban J connectivity index is 1.11. The van der Waals surface area contributed by atoms with E-state index >= 15 is 0 Å². The summed E-state index contributed by atoms with van der Waals surface area (Å²) in [4.78, 5) is 14.5. The van der Waals surface area contributed by atoms with Gasteiger partial charge in [-0.05, 0) is 61.6 Å². The molecule has 10 nitrogen and oxygen atoms in total. The van der Waals surface area contributed by atoms with Crippen LogP contribution >= 0.6 is 0 Å². The molecule has 2 aliphatic heterocycles. The maximum absolute atomic E-state index is 14.3. The second-order valence-corrected chi connectivity index (χ2v) is 9.80. The third kappa shape index (κ3) is 5.23. The topological polar surface area (TPSA) is 111 Å². The molecular formula is C24H31F2N9O. The molecule has 2 aliphatic rings. The Labute approximate surface area is 208 Å². The van der Waals surface area contributed by atoms with Gasteiger partial charge in [0.15, 0.2) is 5.75 Å². The predicted molar refractivity (Wildman–Crippen MR) is 130 cm³/mol. The lowest BCUT2D eigenvalue weighted by Crippen LogP contribution is -2.36. The number of aromatic nitrogens is 6. The quantitative estimate of drug-likeness (QED) is 0.524. The zero-order chi connectivity index (χ0) is 25.2. The zero-order valence-electron chi connectivity index (χ0n) is 20.5. The molecule has 0 amide bonds. The molecule has 1 aromatic carbocycles. The maximum Gasteiger partial charge on any atom is 0.266 e. The van der Waals surface area contributed by atoms with Crippen molar-refractivity contribution in [2.45, 2.75) is 44.7 Å². The number of benzene rings is 1. The van der Waals surface area contributed by atoms with Gasteiger partial charge in [-0.2, -0.15) is 4.80 Å². The lowest BCUT2D eigenvalue weighted by Gasteiger charge is -2.30. The van der Waals surface area contributed by atoms with Gasteiger partial charge in [0, 0.05) is 38.1 Å². The molecule has 36 heavy (non-hydrogen) atoms. The Kier molecular flexibility index (Phi) is 6.95. The minimum absolute atomic E-state index is 0.186. The van der Waals surface area contributed by atoms with Crippen LogP contribution in [0.1, 0.15) is 44.2 Å². The first kappa shape index (κ1) is 24.3. The smallest absolute Gasteiger partial charge is 0.266 e. The van der Waals surface area contributed by atoms with E-state index in [1.54, 1.807) is 17.2 Å². The van der Waals surface area contributed by atoms with Crippen molar-refractivity contribution in [3.8, 4) is 5.75 Å². The normalized spacial score (nSPS) is 20.9. The summed E-state index contributed by atoms with van der Waals surface area (Å²) in [6.07, 6.45) is 5.23. The summed E-state index contributed by atoms with van der Waals surface area (Å²) in [5.74, 6) is 0.918. The van der Waals surface area contributed by atoms with E-state index in [-0.39, 0.29) is 23.6 Å². The van der Waals surface area contributed by atoms with Crippen LogP contribution in [0.4, 0.5) is 20.7 Å². The Bertz CT molecular complexity index is 1160. The largest absolute Gasteiger partial charge is 0.490 e. The molecule has 4 heterocycles. The van der Waals surface area contributed by atoms with Gasteiger partial charge < -0.3 is 20.3 Å². The van der Waals surface area contributed by atoms with E-state index in [1.165, 1.54) is 6.07 Å². The third-order valence-electron chi connectivity index (χ3n) is 6.88. The molecule has 192 valence electrons. The molecule has 0 unspecified atom stereocenters. The van der Waals surface area contributed by atoms with Gasteiger partial charge >= 0.3 is 0 Å². The zero-order valence-corrected chi connectivity index (χ0v) is 20.5. The number of rotatable bonds is 7. The Hall–Kier alpha value is -3.41. The number of ether oxygens (including phenoxy) is 1. The van der Waals surface area contributed by atoms with Gasteiger partial charge in [0.05, 0.1) is 25.0 Å². The molecule has 2 saturated heterocycles. The molecule has 2 aromatic heterocycles. The summed E-state index contributed by atoms with van der Waals surface area (Å²) in [7, 11) is 0. The summed E-state index contributed by atoms with van der Waals surface area (Å²) < 4.78 is 33.9. The standard InChI is InChI=1S/C24H31F2N9O/c1-15(2)35-31-24(30-32-35)33-7-5-16(6-8-33)14-36-18-10-28-23(29-11-18)34-12-20(22(27)13-34)19-9-17(25)3-4-21(19)26/h3-4,9-11,15-16,20,22H,5-8,12-14,27H2,1-2H3/t20-,22+/m1/s1. The lowest BCUT2D eigenvalue weighted by molar-refractivity contribution is 0.221. The molecule has 3 aromatic rings. The molecule has 2 N–H and O–H groups in total. The molecule has 0 saturated carbocycles. The van der Waals surface area contributed by atoms with Gasteiger partial charge in [0.1, 0.15) is 11.6 Å². The summed E-state index contributed by atoms with van der Waals surface area (Å²) in [5, 5.41) is 12.7. The highest BCUT2D eigenvalue weighted by Crippen LogP contribution is 2.31. The Morgan fingerprint density at radius 1 is 1.06 bits per heavy atom. The van der Waals surface area contributed by atoms with Crippen molar-refractivity contribution in [1.82, 2.24) is 30.2 Å². The van der Waals surface area contributed by atoms with Gasteiger partial charge in [-0.3, -0.25) is 0 Å². The lowest BCUT2D eigenvalue weighted by atomic mass is 9.94. The minimum atomic E-state index is -0.476. The Morgan fingerprint density at radius 3 is 2.50 bits per heavy atom. The first-order valence-electron chi connectivity index (χ1n) is 12.3. The molecule has 0 aliphatic carbocycles. The SMILES string of the molecule is CC(C)n1nnc(N2CCC(COc3cnc(N4C[C@H](c5cc(F)ccc5F)[C@@H](N)C4)nc3)CC2)n1. The van der Waals surface area contributed by atoms with Crippen molar-refractivity contribution >= 4 is 11.9 Å². The first-order valence-corrected chi connectivity index (χ1v) is 12.3. The van der Waals surface area contributed by atoms with Crippen LogP contribution in [0.15, 0.2) is 30.6 Å². The second kappa shape index (κ2) is 10.3. The highest BCUT2D eigenvalue weighted by molar-refractivity contribution is 5.39. The van der Waals surface area contributed by atoms with Crippen LogP contribution in [0.2, 0.25) is 0 Å². The van der Waals surface area contributed by atoms with Crippen LogP contribution in [0.3, 0.4) is 0 Å². The van der Waals surface area contributed by atoms with Crippen LogP contribution in [0.5, 0.6) is 5.75 Å². The molecular weight excluding hydrogens is 468 g/mol. The van der Waals surface area contributed by atoms with E-state index in [9.17, 15) is 8.78 Å². The number of anilines is 2. The van der Waals surface area contributed by atoms with E-state index in [1.807, 2.05) is 18.7 Å². The summed E-state index contributed by atoms with van der Waals surface area (Å²) >= 11 is 0. The molecule has 2 fully saturated rings. The van der Waals surface area contributed by atoms with Gasteiger partial charge in [0.25, 0.3) is 5.95 Å². The van der Waals surface area contributed by atoms with Crippen molar-refractivity contribution in [1.29, 1.82) is 0 Å². The maximum atomic E-state index is 14.3. The van der Waals surface area contributed by atoms with Crippen molar-refractivity contribution < 1.29 is 13.5 Å². The molecule has 0 radical (unpaired) electrons. The summed E-state index contributed by atoms with van der Waals surface area (Å²) in [6.45, 7) is 7.22. The number of halogens is 2. The van der Waals surface area contributed by atoms with Crippen molar-refractivity contribution in [2.24, 2.45) is 11.7 Å². The minimum Gasteiger partial charge on any atom is -0.490 e. The van der Waals surface area contributed by atoms with Crippen LogP contribution in [-0.2, 0) is 0 Å². The van der Waals surface area contributed by atoms with Crippen LogP contribution in [0, 0.1) is 17.6 Å². The summed E-state index contributed by atoms with van der Waals surface area (Å²) in [5.41, 5.74) is 6.54. The van der Waals surface area contributed by atoms with E-state index in [2.05, 4.69) is 30.3 Å². The van der Waals surface area contributed by atoms with Gasteiger partial charge in [0.2, 0.25) is 5.95 Å². The number of nitrogens with zero attached hydrogens (tertiary/aromatic N) is 8. The average Bonchev–Trinajstić information content (AvgIpc) is 3.52. The molecule has 2 atom stereocenters. The number of hydrogen-bond donors (Lipinski definition) is 1. The van der Waals surface area contributed by atoms with Gasteiger partial charge in [-0.25, -0.2) is 18.7 Å². The number of piperidine rings is 1. The van der Waals surface area contributed by atoms with E-state index < -0.39 is 11.6 Å². The second-order valence-electron chi connectivity index (χ2n) is 9.80. The van der Waals surface area contributed by atoms with Gasteiger partial charge in [-0.1, -0.05) is 5.10 Å². The molecule has 5 rings (SSSR count). The monoisotopic (exact) mass is 499 g/mol. The third-order valence-corrected chi connectivity index (χ3v) is 6.88. The first-order chi connectivity index (χ1) is 17.4. The van der Waals surface area contributed by atoms with Crippen molar-refractivity contribution in [3.63, 3.8) is 0 Å². The molecule has 0 bridgehead atoms. The highest BCUT2D eigenvalue weighted by Gasteiger charge is 2.34. The predicted octanol–water partition coefficient (Wildman–Crippen LogP) is 2.55. The number of nitrogens with two attached hydrogens (primary N) is 1. The van der Waals surface area contributed by atoms with Crippen LogP contribution < -0.4 is 20.3 Å². The van der Waals surface area contributed by atoms with Crippen LogP contribution in [0.25, 0.3) is 0 Å². The average molecular weight is 500 g/mol. The van der Waals surface area contributed by atoms with E-state index in [0.29, 0.717) is 43.3 Å². The Morgan fingerprint density at radius 2 is 1.81 bits per heavy atom. The fraction of sp³-hybridized carbons (Fsp3) is 0.542. The fourth-order valence-electron chi connectivity index (χ4n) is 4.74. The number of hydrogen-bond acceptors (Lipinski definition) is 9.